The van der Waals surface area contributed by atoms with E-state index in [4.69, 9.17) is 9.97 Å². The molecule has 2 heterocycles. The highest BCUT2D eigenvalue weighted by Gasteiger charge is 2.26. The lowest BCUT2D eigenvalue weighted by atomic mass is 10.0. The van der Waals surface area contributed by atoms with Gasteiger partial charge in [-0.2, -0.15) is 0 Å². The van der Waals surface area contributed by atoms with Crippen LogP contribution in [0.25, 0.3) is 79.2 Å². The molecule has 0 amide bonds. The highest BCUT2D eigenvalue weighted by atomic mass is 15.1. The molecule has 2 aliphatic rings. The second-order valence-electron chi connectivity index (χ2n) is 15.6. The lowest BCUT2D eigenvalue weighted by Crippen LogP contribution is -2.04. The quantitative estimate of drug-likeness (QED) is 0.155. The summed E-state index contributed by atoms with van der Waals surface area (Å²) in [5.74, 6) is 1.89. The Morgan fingerprint density at radius 3 is 1.03 bits per heavy atom. The average Bonchev–Trinajstić information content (AvgIpc) is 4.12. The van der Waals surface area contributed by atoms with Gasteiger partial charge in [-0.1, -0.05) is 146 Å². The van der Waals surface area contributed by atoms with Gasteiger partial charge in [0.15, 0.2) is 0 Å². The molecule has 4 nitrogen and oxygen atoms in total. The predicted molar refractivity (Wildman–Crippen MR) is 237 cm³/mol. The number of imidazole rings is 2. The summed E-state index contributed by atoms with van der Waals surface area (Å²) >= 11 is 0. The molecule has 0 fully saturated rings. The molecule has 58 heavy (non-hydrogen) atoms. The van der Waals surface area contributed by atoms with E-state index in [2.05, 4.69) is 191 Å². The Balaban J connectivity index is 1.15. The van der Waals surface area contributed by atoms with Crippen LogP contribution >= 0.6 is 0 Å². The summed E-state index contributed by atoms with van der Waals surface area (Å²) in [6.07, 6.45) is 6.93. The van der Waals surface area contributed by atoms with Crippen LogP contribution in [-0.4, -0.2) is 19.1 Å². The molecule has 278 valence electrons. The van der Waals surface area contributed by atoms with Crippen LogP contribution < -0.4 is 0 Å². The molecular weight excluding hydrogens is 705 g/mol. The number of nitrogens with zero attached hydrogens (tertiary/aromatic N) is 4. The van der Waals surface area contributed by atoms with Gasteiger partial charge in [0.05, 0.1) is 22.8 Å². The standard InChI is InChI=1S/C54H42N4/c1-5-15-39(16-6-1)49-51(41-19-9-3-10-20-41)57(53(55-49)45-29-27-37-23-13-25-43(37)35-45)47-31-33-48(34-32-47)58-52(42-21-11-4-12-22-42)50(40-17-7-2-8-18-40)56-54(58)46-30-28-38-24-14-26-44(38)36-46/h1-12,15-22,27-36H,13-14,23-26H2. The summed E-state index contributed by atoms with van der Waals surface area (Å²) in [5.41, 5.74) is 18.7. The smallest absolute Gasteiger partial charge is 0.145 e. The van der Waals surface area contributed by atoms with E-state index in [9.17, 15) is 0 Å². The van der Waals surface area contributed by atoms with Gasteiger partial charge >= 0.3 is 0 Å². The summed E-state index contributed by atoms with van der Waals surface area (Å²) in [6.45, 7) is 0. The van der Waals surface area contributed by atoms with Crippen molar-refractivity contribution < 1.29 is 0 Å². The van der Waals surface area contributed by atoms with Crippen molar-refractivity contribution in [2.45, 2.75) is 38.5 Å². The van der Waals surface area contributed by atoms with Crippen molar-refractivity contribution in [3.63, 3.8) is 0 Å². The second-order valence-corrected chi connectivity index (χ2v) is 15.6. The van der Waals surface area contributed by atoms with Crippen LogP contribution in [0.5, 0.6) is 0 Å². The molecule has 0 atom stereocenters. The fraction of sp³-hybridized carbons (Fsp3) is 0.111. The summed E-state index contributed by atoms with van der Waals surface area (Å²) in [6, 6.07) is 65.7. The predicted octanol–water partition coefficient (Wildman–Crippen LogP) is 13.0. The molecule has 2 aliphatic carbocycles. The van der Waals surface area contributed by atoms with Crippen LogP contribution in [0.3, 0.4) is 0 Å². The fourth-order valence-corrected chi connectivity index (χ4v) is 9.22. The summed E-state index contributed by atoms with van der Waals surface area (Å²) in [7, 11) is 0. The minimum absolute atomic E-state index is 0.943. The number of benzene rings is 7. The van der Waals surface area contributed by atoms with E-state index in [1.54, 1.807) is 0 Å². The van der Waals surface area contributed by atoms with Gasteiger partial charge in [-0.15, -0.1) is 0 Å². The Bertz CT molecular complexity index is 2700. The normalized spacial score (nSPS) is 13.1. The lowest BCUT2D eigenvalue weighted by Gasteiger charge is -2.17. The number of aryl methyl sites for hydroxylation is 4. The zero-order valence-electron chi connectivity index (χ0n) is 32.4. The van der Waals surface area contributed by atoms with E-state index in [1.165, 1.54) is 35.1 Å². The van der Waals surface area contributed by atoms with Gasteiger partial charge in [-0.05, 0) is 97.2 Å². The molecule has 0 unspecified atom stereocenters. The highest BCUT2D eigenvalue weighted by molar-refractivity contribution is 5.86. The van der Waals surface area contributed by atoms with Crippen molar-refractivity contribution >= 4 is 0 Å². The molecule has 0 N–H and O–H groups in total. The highest BCUT2D eigenvalue weighted by Crippen LogP contribution is 2.42. The fourth-order valence-electron chi connectivity index (χ4n) is 9.22. The Morgan fingerprint density at radius 2 is 0.655 bits per heavy atom. The van der Waals surface area contributed by atoms with Crippen LogP contribution in [0.4, 0.5) is 0 Å². The van der Waals surface area contributed by atoms with Crippen LogP contribution in [0.1, 0.15) is 35.1 Å². The molecule has 0 aliphatic heterocycles. The first-order valence-electron chi connectivity index (χ1n) is 20.6. The molecule has 11 rings (SSSR count). The molecule has 0 saturated heterocycles. The minimum atomic E-state index is 0.943. The zero-order chi connectivity index (χ0) is 38.4. The third-order valence-corrected chi connectivity index (χ3v) is 12.0. The maximum atomic E-state index is 5.53. The van der Waals surface area contributed by atoms with Gasteiger partial charge in [0.25, 0.3) is 0 Å². The number of hydrogen-bond donors (Lipinski definition) is 0. The van der Waals surface area contributed by atoms with Gasteiger partial charge in [-0.3, -0.25) is 9.13 Å². The van der Waals surface area contributed by atoms with Gasteiger partial charge in [0, 0.05) is 44.8 Å². The summed E-state index contributed by atoms with van der Waals surface area (Å²) < 4.78 is 4.75. The lowest BCUT2D eigenvalue weighted by molar-refractivity contribution is 0.911. The Morgan fingerprint density at radius 1 is 0.310 bits per heavy atom. The Kier molecular flexibility index (Phi) is 8.54. The van der Waals surface area contributed by atoms with Crippen LogP contribution in [0, 0.1) is 0 Å². The number of rotatable bonds is 8. The van der Waals surface area contributed by atoms with E-state index in [1.807, 2.05) is 0 Å². The van der Waals surface area contributed by atoms with Gasteiger partial charge in [0.2, 0.25) is 0 Å². The monoisotopic (exact) mass is 746 g/mol. The third-order valence-electron chi connectivity index (χ3n) is 12.0. The van der Waals surface area contributed by atoms with Crippen LogP contribution in [0.2, 0.25) is 0 Å². The van der Waals surface area contributed by atoms with E-state index >= 15 is 0 Å². The first-order chi connectivity index (χ1) is 28.8. The molecule has 2 aromatic heterocycles. The van der Waals surface area contributed by atoms with Crippen molar-refractivity contribution in [2.24, 2.45) is 0 Å². The third kappa shape index (κ3) is 6.00. The first-order valence-corrected chi connectivity index (χ1v) is 20.6. The molecule has 0 spiro atoms. The van der Waals surface area contributed by atoms with Gasteiger partial charge in [0.1, 0.15) is 11.6 Å². The second kappa shape index (κ2) is 14.5. The van der Waals surface area contributed by atoms with E-state index in [0.29, 0.717) is 0 Å². The van der Waals surface area contributed by atoms with E-state index in [0.717, 1.165) is 105 Å². The molecule has 7 aromatic carbocycles. The topological polar surface area (TPSA) is 35.6 Å². The molecule has 9 aromatic rings. The summed E-state index contributed by atoms with van der Waals surface area (Å²) in [4.78, 5) is 11.1. The Hall–Kier alpha value is -7.04. The molecular formula is C54H42N4. The van der Waals surface area contributed by atoms with Crippen molar-refractivity contribution in [1.29, 1.82) is 0 Å². The largest absolute Gasteiger partial charge is 0.292 e. The SMILES string of the molecule is c1ccc(-c2nc(-c3ccc4c(c3)CCC4)n(-c3ccc(-n4c(-c5ccc6c(c5)CCC6)nc(-c5ccccc5)c4-c4ccccc4)cc3)c2-c2ccccc2)cc1. The first kappa shape index (κ1) is 34.2. The number of fused-ring (bicyclic) bond motifs is 2. The molecule has 4 heteroatoms. The van der Waals surface area contributed by atoms with Crippen molar-refractivity contribution in [2.75, 3.05) is 0 Å². The molecule has 0 radical (unpaired) electrons. The van der Waals surface area contributed by atoms with E-state index in [-0.39, 0.29) is 0 Å². The van der Waals surface area contributed by atoms with Crippen molar-refractivity contribution in [3.8, 4) is 79.2 Å². The molecule has 0 saturated carbocycles. The average molecular weight is 747 g/mol. The Labute approximate surface area is 339 Å². The number of aromatic nitrogens is 4. The molecule has 0 bridgehead atoms. The van der Waals surface area contributed by atoms with Crippen LogP contribution in [-0.2, 0) is 25.7 Å². The summed E-state index contributed by atoms with van der Waals surface area (Å²) in [5, 5.41) is 0. The maximum Gasteiger partial charge on any atom is 0.145 e. The van der Waals surface area contributed by atoms with Crippen molar-refractivity contribution in [3.05, 3.63) is 204 Å². The van der Waals surface area contributed by atoms with Crippen molar-refractivity contribution in [1.82, 2.24) is 19.1 Å². The maximum absolute atomic E-state index is 5.53. The number of hydrogen-bond acceptors (Lipinski definition) is 2. The van der Waals surface area contributed by atoms with E-state index < -0.39 is 0 Å². The van der Waals surface area contributed by atoms with Gasteiger partial charge < -0.3 is 0 Å². The minimum Gasteiger partial charge on any atom is -0.292 e. The van der Waals surface area contributed by atoms with Gasteiger partial charge in [-0.25, -0.2) is 9.97 Å². The van der Waals surface area contributed by atoms with Crippen LogP contribution in [0.15, 0.2) is 182 Å². The zero-order valence-corrected chi connectivity index (χ0v) is 32.4.